The molecular weight excluding hydrogens is 292 g/mol. The molecular formula is C6H5BClF3KNO2S. The predicted molar refractivity (Wildman–Crippen MR) is 51.5 cm³/mol. The van der Waals surface area contributed by atoms with Gasteiger partial charge >= 0.3 is 58.4 Å². The van der Waals surface area contributed by atoms with Gasteiger partial charge in [-0.25, -0.2) is 13.6 Å². The maximum absolute atomic E-state index is 12.2. The summed E-state index contributed by atoms with van der Waals surface area (Å²) in [5.41, 5.74) is -0.965. The van der Waals surface area contributed by atoms with Crippen LogP contribution in [0.2, 0.25) is 5.02 Å². The van der Waals surface area contributed by atoms with E-state index in [1.165, 1.54) is 0 Å². The van der Waals surface area contributed by atoms with E-state index in [-0.39, 0.29) is 51.4 Å². The quantitative estimate of drug-likeness (QED) is 0.645. The molecule has 0 aromatic heterocycles. The molecule has 10 heteroatoms. The van der Waals surface area contributed by atoms with E-state index in [1.54, 1.807) is 0 Å². The number of halogens is 4. The van der Waals surface area contributed by atoms with Crippen molar-refractivity contribution in [2.24, 2.45) is 5.14 Å². The van der Waals surface area contributed by atoms with Crippen LogP contribution in [0.15, 0.2) is 23.1 Å². The normalized spacial score (nSPS) is 12.1. The monoisotopic (exact) mass is 297 g/mol. The third kappa shape index (κ3) is 4.30. The van der Waals surface area contributed by atoms with Crippen molar-refractivity contribution < 1.29 is 72.7 Å². The van der Waals surface area contributed by atoms with Crippen LogP contribution in [0.4, 0.5) is 12.9 Å². The van der Waals surface area contributed by atoms with Crippen LogP contribution >= 0.6 is 11.6 Å². The van der Waals surface area contributed by atoms with Gasteiger partial charge in [-0.15, -0.1) is 5.46 Å². The van der Waals surface area contributed by atoms with Gasteiger partial charge in [0, 0.05) is 0 Å². The van der Waals surface area contributed by atoms with E-state index in [2.05, 4.69) is 0 Å². The van der Waals surface area contributed by atoms with Crippen molar-refractivity contribution >= 4 is 34.1 Å². The van der Waals surface area contributed by atoms with Crippen molar-refractivity contribution in [1.82, 2.24) is 0 Å². The molecule has 0 saturated heterocycles. The number of benzene rings is 1. The van der Waals surface area contributed by atoms with Gasteiger partial charge in [0.25, 0.3) is 0 Å². The Bertz CT molecular complexity index is 493. The number of sulfonamides is 1. The Morgan fingerprint density at radius 3 is 2.06 bits per heavy atom. The van der Waals surface area contributed by atoms with E-state index in [4.69, 9.17) is 16.7 Å². The largest absolute Gasteiger partial charge is 1.00 e. The fraction of sp³-hybridized carbons (Fsp3) is 0. The molecule has 1 aromatic rings. The predicted octanol–water partition coefficient (Wildman–Crippen LogP) is -1.95. The Kier molecular flexibility index (Phi) is 6.03. The molecule has 0 aliphatic rings. The van der Waals surface area contributed by atoms with Crippen LogP contribution in [0.1, 0.15) is 0 Å². The summed E-state index contributed by atoms with van der Waals surface area (Å²) in [6, 6.07) is 1.91. The van der Waals surface area contributed by atoms with Crippen LogP contribution in [-0.4, -0.2) is 15.4 Å². The first kappa shape index (κ1) is 16.9. The van der Waals surface area contributed by atoms with Gasteiger partial charge in [-0.2, -0.15) is 0 Å². The molecule has 2 N–H and O–H groups in total. The molecule has 0 spiro atoms. The molecule has 1 aromatic carbocycles. The van der Waals surface area contributed by atoms with E-state index < -0.39 is 32.4 Å². The Morgan fingerprint density at radius 2 is 1.75 bits per heavy atom. The maximum Gasteiger partial charge on any atom is 1.00 e. The smallest absolute Gasteiger partial charge is 0.445 e. The molecule has 16 heavy (non-hydrogen) atoms. The van der Waals surface area contributed by atoms with Crippen molar-refractivity contribution in [3.8, 4) is 0 Å². The van der Waals surface area contributed by atoms with Gasteiger partial charge < -0.3 is 12.9 Å². The minimum Gasteiger partial charge on any atom is -0.445 e. The van der Waals surface area contributed by atoms with E-state index >= 15 is 0 Å². The van der Waals surface area contributed by atoms with Gasteiger partial charge in [0.1, 0.15) is 4.90 Å². The molecule has 3 nitrogen and oxygen atoms in total. The van der Waals surface area contributed by atoms with Gasteiger partial charge in [-0.1, -0.05) is 23.7 Å². The van der Waals surface area contributed by atoms with Gasteiger partial charge in [0.05, 0.1) is 5.02 Å². The molecule has 0 atom stereocenters. The minimum absolute atomic E-state index is 0. The second-order valence-corrected chi connectivity index (χ2v) is 4.75. The number of hydrogen-bond donors (Lipinski definition) is 1. The third-order valence-electron chi connectivity index (χ3n) is 1.64. The maximum atomic E-state index is 12.2. The van der Waals surface area contributed by atoms with Gasteiger partial charge in [0.2, 0.25) is 10.0 Å². The molecule has 0 heterocycles. The van der Waals surface area contributed by atoms with E-state index in [1.807, 2.05) is 0 Å². The number of hydrogen-bond acceptors (Lipinski definition) is 2. The SMILES string of the molecule is NS(=O)(=O)c1ccc([B-](F)(F)F)cc1Cl.[K+]. The Morgan fingerprint density at radius 1 is 1.25 bits per heavy atom. The zero-order chi connectivity index (χ0) is 11.9. The summed E-state index contributed by atoms with van der Waals surface area (Å²) in [4.78, 5) is -0.520. The first-order valence-electron chi connectivity index (χ1n) is 3.64. The molecule has 0 aliphatic carbocycles. The summed E-state index contributed by atoms with van der Waals surface area (Å²) in [5, 5.41) is 4.20. The second-order valence-electron chi connectivity index (χ2n) is 2.81. The van der Waals surface area contributed by atoms with Gasteiger partial charge in [-0.3, -0.25) is 0 Å². The molecule has 0 amide bonds. The summed E-state index contributed by atoms with van der Waals surface area (Å²) in [7, 11) is -4.09. The van der Waals surface area contributed by atoms with Crippen LogP contribution < -0.4 is 62.0 Å². The zero-order valence-corrected chi connectivity index (χ0v) is 12.8. The van der Waals surface area contributed by atoms with Crippen molar-refractivity contribution in [3.05, 3.63) is 23.2 Å². The zero-order valence-electron chi connectivity index (χ0n) is 8.12. The molecule has 0 saturated carbocycles. The Balaban J connectivity index is 0.00000225. The van der Waals surface area contributed by atoms with E-state index in [0.29, 0.717) is 12.1 Å². The molecule has 0 radical (unpaired) electrons. The second kappa shape index (κ2) is 5.70. The van der Waals surface area contributed by atoms with Gasteiger partial charge in [0.15, 0.2) is 0 Å². The number of rotatable bonds is 2. The molecule has 1 rings (SSSR count). The van der Waals surface area contributed by atoms with Crippen LogP contribution in [-0.2, 0) is 10.0 Å². The van der Waals surface area contributed by atoms with Crippen LogP contribution in [0, 0.1) is 0 Å². The summed E-state index contributed by atoms with van der Waals surface area (Å²) in [6.07, 6.45) is 0. The Labute approximate surface area is 138 Å². The molecule has 0 aliphatic heterocycles. The molecule has 0 fully saturated rings. The standard InChI is InChI=1S/C6H5BClF3NO2S.K/c8-5-3-4(7(9,10)11)1-2-6(5)15(12,13)14;/h1-3H,(H2,12,13,14);/q-1;+1. The van der Waals surface area contributed by atoms with Gasteiger partial charge in [-0.05, 0) is 6.07 Å². The van der Waals surface area contributed by atoms with Crippen LogP contribution in [0.5, 0.6) is 0 Å². The fourth-order valence-electron chi connectivity index (χ4n) is 0.951. The topological polar surface area (TPSA) is 60.2 Å². The number of nitrogens with two attached hydrogens (primary N) is 1. The van der Waals surface area contributed by atoms with E-state index in [0.717, 1.165) is 6.07 Å². The first-order chi connectivity index (χ1) is 6.62. The van der Waals surface area contributed by atoms with Crippen molar-refractivity contribution in [2.75, 3.05) is 0 Å². The van der Waals surface area contributed by atoms with Crippen LogP contribution in [0.25, 0.3) is 0 Å². The van der Waals surface area contributed by atoms with Crippen molar-refractivity contribution in [2.45, 2.75) is 4.90 Å². The van der Waals surface area contributed by atoms with E-state index in [9.17, 15) is 21.4 Å². The minimum atomic E-state index is -5.20. The summed E-state index contributed by atoms with van der Waals surface area (Å²) in [6.45, 7) is -5.20. The van der Waals surface area contributed by atoms with Crippen LogP contribution in [0.3, 0.4) is 0 Å². The average Bonchev–Trinajstić information content (AvgIpc) is 1.99. The summed E-state index contributed by atoms with van der Waals surface area (Å²) in [5.74, 6) is 0. The number of primary sulfonamides is 1. The van der Waals surface area contributed by atoms with Crippen molar-refractivity contribution in [1.29, 1.82) is 0 Å². The summed E-state index contributed by atoms with van der Waals surface area (Å²) >= 11 is 5.37. The molecule has 84 valence electrons. The molecule has 0 bridgehead atoms. The third-order valence-corrected chi connectivity index (χ3v) is 3.03. The summed E-state index contributed by atoms with van der Waals surface area (Å²) < 4.78 is 58.3. The Hall–Kier alpha value is 0.911. The van der Waals surface area contributed by atoms with Crippen molar-refractivity contribution in [3.63, 3.8) is 0 Å². The average molecular weight is 298 g/mol. The fourth-order valence-corrected chi connectivity index (χ4v) is 2.05. The molecule has 0 unspecified atom stereocenters. The first-order valence-corrected chi connectivity index (χ1v) is 5.57.